The zero-order valence-corrected chi connectivity index (χ0v) is 13.3. The Morgan fingerprint density at radius 1 is 1.30 bits per heavy atom. The molecule has 2 N–H and O–H groups in total. The molecule has 0 saturated heterocycles. The molecule has 0 radical (unpaired) electrons. The van der Waals surface area contributed by atoms with E-state index >= 15 is 0 Å². The van der Waals surface area contributed by atoms with E-state index in [0.29, 0.717) is 16.1 Å². The summed E-state index contributed by atoms with van der Waals surface area (Å²) in [5.41, 5.74) is 1.91. The Morgan fingerprint density at radius 2 is 2.00 bits per heavy atom. The van der Waals surface area contributed by atoms with E-state index < -0.39 is 10.0 Å². The highest BCUT2D eigenvalue weighted by molar-refractivity contribution is 7.89. The van der Waals surface area contributed by atoms with Crippen molar-refractivity contribution in [2.24, 2.45) is 0 Å². The van der Waals surface area contributed by atoms with Gasteiger partial charge in [-0.1, -0.05) is 23.2 Å². The van der Waals surface area contributed by atoms with Gasteiger partial charge in [0.2, 0.25) is 10.0 Å². The van der Waals surface area contributed by atoms with Crippen molar-refractivity contribution in [3.05, 3.63) is 51.3 Å². The fourth-order valence-corrected chi connectivity index (χ4v) is 4.08. The van der Waals surface area contributed by atoms with Crippen LogP contribution in [0.5, 0.6) is 0 Å². The predicted molar refractivity (Wildman–Crippen MR) is 80.8 cm³/mol. The molecule has 0 spiro atoms. The molecule has 0 aliphatic heterocycles. The molecular formula is C13H14Cl2N2O2S. The quantitative estimate of drug-likeness (QED) is 0.901. The Labute approximate surface area is 128 Å². The van der Waals surface area contributed by atoms with E-state index in [0.717, 1.165) is 5.56 Å². The fourth-order valence-electron chi connectivity index (χ4n) is 1.85. The number of sulfonamides is 1. The van der Waals surface area contributed by atoms with Crippen molar-refractivity contribution in [3.63, 3.8) is 0 Å². The third kappa shape index (κ3) is 3.01. The number of rotatable bonds is 4. The van der Waals surface area contributed by atoms with Crippen LogP contribution in [0, 0.1) is 13.8 Å². The maximum atomic E-state index is 12.4. The molecule has 2 aromatic rings. The number of aryl methyl sites for hydroxylation is 1. The van der Waals surface area contributed by atoms with Crippen LogP contribution >= 0.6 is 23.2 Å². The number of hydrogen-bond acceptors (Lipinski definition) is 2. The fraction of sp³-hybridized carbons (Fsp3) is 0.231. The van der Waals surface area contributed by atoms with Crippen molar-refractivity contribution < 1.29 is 8.42 Å². The monoisotopic (exact) mass is 332 g/mol. The summed E-state index contributed by atoms with van der Waals surface area (Å²) in [5.74, 6) is 0. The number of benzene rings is 1. The van der Waals surface area contributed by atoms with E-state index in [-0.39, 0.29) is 16.5 Å². The molecule has 0 fully saturated rings. The van der Waals surface area contributed by atoms with Crippen LogP contribution in [0.1, 0.15) is 16.7 Å². The number of H-pyrrole nitrogens is 1. The van der Waals surface area contributed by atoms with E-state index in [1.807, 2.05) is 0 Å². The minimum absolute atomic E-state index is 0.0414. The van der Waals surface area contributed by atoms with Crippen LogP contribution in [0.3, 0.4) is 0 Å². The minimum atomic E-state index is -3.72. The van der Waals surface area contributed by atoms with Crippen LogP contribution in [0.15, 0.2) is 29.4 Å². The smallest absolute Gasteiger partial charge is 0.242 e. The highest BCUT2D eigenvalue weighted by Gasteiger charge is 2.23. The van der Waals surface area contributed by atoms with Gasteiger partial charge in [-0.15, -0.1) is 0 Å². The lowest BCUT2D eigenvalue weighted by atomic mass is 10.2. The first-order valence-electron chi connectivity index (χ1n) is 5.89. The van der Waals surface area contributed by atoms with Gasteiger partial charge in [-0.25, -0.2) is 13.1 Å². The van der Waals surface area contributed by atoms with Crippen molar-refractivity contribution in [2.45, 2.75) is 25.3 Å². The van der Waals surface area contributed by atoms with Crippen LogP contribution in [0.25, 0.3) is 0 Å². The van der Waals surface area contributed by atoms with Crippen molar-refractivity contribution in [2.75, 3.05) is 0 Å². The topological polar surface area (TPSA) is 62.0 Å². The van der Waals surface area contributed by atoms with Crippen LogP contribution in [-0.4, -0.2) is 13.4 Å². The van der Waals surface area contributed by atoms with E-state index in [9.17, 15) is 8.42 Å². The first kappa shape index (κ1) is 15.4. The lowest BCUT2D eigenvalue weighted by Crippen LogP contribution is -2.24. The summed E-state index contributed by atoms with van der Waals surface area (Å²) in [6.07, 6.45) is 3.45. The van der Waals surface area contributed by atoms with Gasteiger partial charge in [0.15, 0.2) is 0 Å². The Morgan fingerprint density at radius 3 is 2.60 bits per heavy atom. The average molecular weight is 333 g/mol. The SMILES string of the molecule is Cc1cc(Cl)c(C)c(S(=O)(=O)NCc2cc[nH]c2)c1Cl. The second-order valence-corrected chi connectivity index (χ2v) is 6.98. The molecule has 1 aromatic heterocycles. The zero-order valence-electron chi connectivity index (χ0n) is 11.0. The van der Waals surface area contributed by atoms with Crippen molar-refractivity contribution in [1.82, 2.24) is 9.71 Å². The van der Waals surface area contributed by atoms with E-state index in [4.69, 9.17) is 23.2 Å². The lowest BCUT2D eigenvalue weighted by molar-refractivity contribution is 0.580. The minimum Gasteiger partial charge on any atom is -0.367 e. The molecule has 0 unspecified atom stereocenters. The van der Waals surface area contributed by atoms with E-state index in [1.165, 1.54) is 0 Å². The van der Waals surface area contributed by atoms with Crippen LogP contribution in [0.4, 0.5) is 0 Å². The summed E-state index contributed by atoms with van der Waals surface area (Å²) in [6.45, 7) is 3.55. The van der Waals surface area contributed by atoms with Gasteiger partial charge in [0.05, 0.1) is 5.02 Å². The molecule has 4 nitrogen and oxygen atoms in total. The largest absolute Gasteiger partial charge is 0.367 e. The third-order valence-electron chi connectivity index (χ3n) is 2.99. The first-order valence-corrected chi connectivity index (χ1v) is 8.13. The van der Waals surface area contributed by atoms with Crippen molar-refractivity contribution >= 4 is 33.2 Å². The van der Waals surface area contributed by atoms with Gasteiger partial charge in [0, 0.05) is 24.0 Å². The molecule has 1 aromatic carbocycles. The van der Waals surface area contributed by atoms with Crippen molar-refractivity contribution in [3.8, 4) is 0 Å². The summed E-state index contributed by atoms with van der Waals surface area (Å²) in [6, 6.07) is 3.45. The van der Waals surface area contributed by atoms with Crippen molar-refractivity contribution in [1.29, 1.82) is 0 Å². The van der Waals surface area contributed by atoms with Gasteiger partial charge in [-0.2, -0.15) is 0 Å². The molecule has 2 rings (SSSR count). The molecule has 0 amide bonds. The summed E-state index contributed by atoms with van der Waals surface area (Å²) in [4.78, 5) is 2.91. The Bertz CT molecular complexity index is 699. The second kappa shape index (κ2) is 5.77. The summed E-state index contributed by atoms with van der Waals surface area (Å²) >= 11 is 12.2. The first-order chi connectivity index (χ1) is 9.33. The molecule has 108 valence electrons. The maximum Gasteiger partial charge on any atom is 0.242 e. The highest BCUT2D eigenvalue weighted by Crippen LogP contribution is 2.33. The standard InChI is InChI=1S/C13H14Cl2N2O2S/c1-8-5-11(14)9(2)13(12(8)15)20(18,19)17-7-10-3-4-16-6-10/h3-6,16-17H,7H2,1-2H3. The van der Waals surface area contributed by atoms with E-state index in [2.05, 4.69) is 9.71 Å². The molecule has 0 aliphatic rings. The predicted octanol–water partition coefficient (Wildman–Crippen LogP) is 3.42. The van der Waals surface area contributed by atoms with Gasteiger partial charge >= 0.3 is 0 Å². The molecule has 1 heterocycles. The number of nitrogens with one attached hydrogen (secondary N) is 2. The molecule has 20 heavy (non-hydrogen) atoms. The van der Waals surface area contributed by atoms with Gasteiger partial charge in [0.1, 0.15) is 4.90 Å². The molecular weight excluding hydrogens is 319 g/mol. The number of aromatic amines is 1. The Kier molecular flexibility index (Phi) is 4.44. The summed E-state index contributed by atoms with van der Waals surface area (Å²) < 4.78 is 27.3. The Balaban J connectivity index is 2.39. The van der Waals surface area contributed by atoms with Gasteiger partial charge in [-0.3, -0.25) is 0 Å². The number of hydrogen-bond donors (Lipinski definition) is 2. The molecule has 0 bridgehead atoms. The van der Waals surface area contributed by atoms with E-state index in [1.54, 1.807) is 38.4 Å². The molecule has 7 heteroatoms. The third-order valence-corrected chi connectivity index (χ3v) is 5.55. The number of aromatic nitrogens is 1. The molecule has 0 aliphatic carbocycles. The maximum absolute atomic E-state index is 12.4. The van der Waals surface area contributed by atoms with Crippen LogP contribution < -0.4 is 4.72 Å². The second-order valence-electron chi connectivity index (χ2n) is 4.49. The lowest BCUT2D eigenvalue weighted by Gasteiger charge is -2.13. The average Bonchev–Trinajstić information content (AvgIpc) is 2.87. The van der Waals surface area contributed by atoms with Crippen LogP contribution in [0.2, 0.25) is 10.0 Å². The zero-order chi connectivity index (χ0) is 14.9. The molecule has 0 saturated carbocycles. The van der Waals surface area contributed by atoms with Gasteiger partial charge in [-0.05, 0) is 42.7 Å². The summed E-state index contributed by atoms with van der Waals surface area (Å²) in [7, 11) is -3.72. The summed E-state index contributed by atoms with van der Waals surface area (Å²) in [5, 5.41) is 0.586. The highest BCUT2D eigenvalue weighted by atomic mass is 35.5. The van der Waals surface area contributed by atoms with Gasteiger partial charge in [0.25, 0.3) is 0 Å². The molecule has 0 atom stereocenters. The Hall–Kier alpha value is -1.01. The number of halogens is 2. The van der Waals surface area contributed by atoms with Crippen LogP contribution in [-0.2, 0) is 16.6 Å². The van der Waals surface area contributed by atoms with Gasteiger partial charge < -0.3 is 4.98 Å². The normalized spacial score (nSPS) is 11.8.